The summed E-state index contributed by atoms with van der Waals surface area (Å²) in [5.74, 6) is 0.248. The van der Waals surface area contributed by atoms with E-state index in [1.54, 1.807) is 18.2 Å². The topological polar surface area (TPSA) is 53.6 Å². The van der Waals surface area contributed by atoms with Crippen molar-refractivity contribution in [2.45, 2.75) is 0 Å². The van der Waals surface area contributed by atoms with Crippen molar-refractivity contribution >= 4 is 32.7 Å². The lowest BCUT2D eigenvalue weighted by molar-refractivity contribution is 0.470. The van der Waals surface area contributed by atoms with Crippen LogP contribution in [0, 0.1) is 0 Å². The van der Waals surface area contributed by atoms with E-state index in [0.717, 1.165) is 27.1 Å². The summed E-state index contributed by atoms with van der Waals surface area (Å²) in [6, 6.07) is 22.5. The molecule has 0 saturated carbocycles. The average molecular weight is 326 g/mol. The van der Waals surface area contributed by atoms with Crippen LogP contribution in [-0.4, -0.2) is 10.2 Å². The van der Waals surface area contributed by atoms with Gasteiger partial charge in [0.15, 0.2) is 0 Å². The number of phenols is 2. The fourth-order valence-electron chi connectivity index (χ4n) is 3.58. The number of furan rings is 1. The van der Waals surface area contributed by atoms with Gasteiger partial charge in [-0.05, 0) is 35.0 Å². The smallest absolute Gasteiger partial charge is 0.136 e. The Morgan fingerprint density at radius 3 is 2.12 bits per heavy atom. The molecule has 3 heteroatoms. The molecule has 3 nitrogen and oxygen atoms in total. The molecular formula is C22H14O3. The molecule has 0 radical (unpaired) electrons. The van der Waals surface area contributed by atoms with Crippen molar-refractivity contribution in [1.82, 2.24) is 0 Å². The van der Waals surface area contributed by atoms with Crippen LogP contribution in [0.25, 0.3) is 43.8 Å². The maximum atomic E-state index is 10.7. The van der Waals surface area contributed by atoms with Crippen molar-refractivity contribution in [2.75, 3.05) is 0 Å². The van der Waals surface area contributed by atoms with Crippen LogP contribution >= 0.6 is 0 Å². The summed E-state index contributed by atoms with van der Waals surface area (Å²) >= 11 is 0. The van der Waals surface area contributed by atoms with E-state index in [4.69, 9.17) is 4.42 Å². The Labute approximate surface area is 143 Å². The van der Waals surface area contributed by atoms with Gasteiger partial charge in [-0.3, -0.25) is 0 Å². The molecule has 120 valence electrons. The zero-order valence-electron chi connectivity index (χ0n) is 13.2. The van der Waals surface area contributed by atoms with E-state index in [9.17, 15) is 10.2 Å². The van der Waals surface area contributed by atoms with Gasteiger partial charge in [0.1, 0.15) is 22.7 Å². The Bertz CT molecular complexity index is 1260. The van der Waals surface area contributed by atoms with Crippen LogP contribution in [0.15, 0.2) is 77.2 Å². The monoisotopic (exact) mass is 326 g/mol. The summed E-state index contributed by atoms with van der Waals surface area (Å²) in [5, 5.41) is 24.9. The number of para-hydroxylation sites is 1. The first-order chi connectivity index (χ1) is 12.2. The summed E-state index contributed by atoms with van der Waals surface area (Å²) in [5.41, 5.74) is 2.65. The Kier molecular flexibility index (Phi) is 2.80. The van der Waals surface area contributed by atoms with E-state index in [-0.39, 0.29) is 11.5 Å². The fraction of sp³-hybridized carbons (Fsp3) is 0. The van der Waals surface area contributed by atoms with Crippen molar-refractivity contribution in [3.05, 3.63) is 72.8 Å². The number of fused-ring (bicyclic) bond motifs is 4. The zero-order valence-corrected chi connectivity index (χ0v) is 13.2. The lowest BCUT2D eigenvalue weighted by atomic mass is 9.93. The number of benzene rings is 4. The van der Waals surface area contributed by atoms with Crippen LogP contribution in [0.3, 0.4) is 0 Å². The predicted octanol–water partition coefficient (Wildman–Crippen LogP) is 5.82. The van der Waals surface area contributed by atoms with Crippen molar-refractivity contribution < 1.29 is 14.6 Å². The van der Waals surface area contributed by atoms with Crippen LogP contribution in [0.5, 0.6) is 11.5 Å². The maximum absolute atomic E-state index is 10.7. The quantitative estimate of drug-likeness (QED) is 0.408. The largest absolute Gasteiger partial charge is 0.507 e. The minimum atomic E-state index is 0.116. The van der Waals surface area contributed by atoms with Crippen LogP contribution < -0.4 is 0 Å². The summed E-state index contributed by atoms with van der Waals surface area (Å²) in [7, 11) is 0. The number of phenolic OH excluding ortho intramolecular Hbond substituents is 2. The van der Waals surface area contributed by atoms with Gasteiger partial charge in [0, 0.05) is 21.9 Å². The Morgan fingerprint density at radius 1 is 0.560 bits per heavy atom. The second kappa shape index (κ2) is 5.02. The van der Waals surface area contributed by atoms with Crippen molar-refractivity contribution in [3.63, 3.8) is 0 Å². The Hall–Kier alpha value is -3.46. The third kappa shape index (κ3) is 1.93. The Morgan fingerprint density at radius 2 is 1.24 bits per heavy atom. The van der Waals surface area contributed by atoms with Gasteiger partial charge in [-0.25, -0.2) is 0 Å². The minimum Gasteiger partial charge on any atom is -0.507 e. The number of aromatic hydroxyl groups is 2. The summed E-state index contributed by atoms with van der Waals surface area (Å²) < 4.78 is 5.93. The second-order valence-electron chi connectivity index (χ2n) is 6.11. The van der Waals surface area contributed by atoms with Crippen molar-refractivity contribution in [1.29, 1.82) is 0 Å². The molecule has 0 amide bonds. The molecule has 0 atom stereocenters. The third-order valence-corrected chi connectivity index (χ3v) is 4.68. The highest BCUT2D eigenvalue weighted by molar-refractivity contribution is 6.17. The molecule has 0 spiro atoms. The molecule has 0 aliphatic heterocycles. The molecule has 0 unspecified atom stereocenters. The molecule has 2 N–H and O–H groups in total. The molecule has 0 saturated heterocycles. The number of hydrogen-bond acceptors (Lipinski definition) is 3. The molecule has 1 aromatic heterocycles. The molecule has 4 aromatic carbocycles. The van der Waals surface area contributed by atoms with Gasteiger partial charge < -0.3 is 14.6 Å². The van der Waals surface area contributed by atoms with Gasteiger partial charge in [-0.1, -0.05) is 48.5 Å². The first-order valence-corrected chi connectivity index (χ1v) is 8.08. The standard InChI is InChI=1S/C22H14O3/c23-16-10-9-13-5-1-2-6-14(13)20(16)22-17(24)11-12-19-21(22)15-7-3-4-8-18(15)25-19/h1-12,23-24H. The predicted molar refractivity (Wildman–Crippen MR) is 100.0 cm³/mol. The van der Waals surface area contributed by atoms with Crippen LogP contribution in [0.1, 0.15) is 0 Å². The number of hydrogen-bond donors (Lipinski definition) is 2. The molecule has 0 bridgehead atoms. The molecule has 1 heterocycles. The highest BCUT2D eigenvalue weighted by atomic mass is 16.3. The summed E-state index contributed by atoms with van der Waals surface area (Å²) in [6.07, 6.45) is 0. The van der Waals surface area contributed by atoms with Gasteiger partial charge >= 0.3 is 0 Å². The molecular weight excluding hydrogens is 312 g/mol. The van der Waals surface area contributed by atoms with E-state index in [0.29, 0.717) is 16.7 Å². The normalized spacial score (nSPS) is 11.5. The molecule has 5 rings (SSSR count). The molecule has 25 heavy (non-hydrogen) atoms. The zero-order chi connectivity index (χ0) is 17.0. The van der Waals surface area contributed by atoms with Crippen molar-refractivity contribution in [3.8, 4) is 22.6 Å². The SMILES string of the molecule is Oc1ccc2ccccc2c1-c1c(O)ccc2oc3ccccc3c12. The highest BCUT2D eigenvalue weighted by Gasteiger charge is 2.20. The van der Waals surface area contributed by atoms with E-state index in [1.807, 2.05) is 54.6 Å². The van der Waals surface area contributed by atoms with Crippen LogP contribution in [0.2, 0.25) is 0 Å². The lowest BCUT2D eigenvalue weighted by Gasteiger charge is -2.12. The van der Waals surface area contributed by atoms with E-state index in [1.165, 1.54) is 0 Å². The van der Waals surface area contributed by atoms with E-state index >= 15 is 0 Å². The molecule has 0 aliphatic carbocycles. The minimum absolute atomic E-state index is 0.116. The van der Waals surface area contributed by atoms with Gasteiger partial charge in [0.25, 0.3) is 0 Å². The van der Waals surface area contributed by atoms with Gasteiger partial charge in [-0.2, -0.15) is 0 Å². The first kappa shape index (κ1) is 13.9. The van der Waals surface area contributed by atoms with E-state index in [2.05, 4.69) is 0 Å². The van der Waals surface area contributed by atoms with Gasteiger partial charge in [-0.15, -0.1) is 0 Å². The lowest BCUT2D eigenvalue weighted by Crippen LogP contribution is -1.85. The van der Waals surface area contributed by atoms with Crippen LogP contribution in [0.4, 0.5) is 0 Å². The molecule has 5 aromatic rings. The van der Waals surface area contributed by atoms with Gasteiger partial charge in [0.2, 0.25) is 0 Å². The number of rotatable bonds is 1. The van der Waals surface area contributed by atoms with E-state index < -0.39 is 0 Å². The maximum Gasteiger partial charge on any atom is 0.136 e. The second-order valence-corrected chi connectivity index (χ2v) is 6.11. The molecule has 0 aliphatic rings. The summed E-state index contributed by atoms with van der Waals surface area (Å²) in [4.78, 5) is 0. The fourth-order valence-corrected chi connectivity index (χ4v) is 3.58. The van der Waals surface area contributed by atoms with Crippen molar-refractivity contribution in [2.24, 2.45) is 0 Å². The first-order valence-electron chi connectivity index (χ1n) is 8.08. The highest BCUT2D eigenvalue weighted by Crippen LogP contribution is 2.47. The third-order valence-electron chi connectivity index (χ3n) is 4.68. The molecule has 0 fully saturated rings. The van der Waals surface area contributed by atoms with Gasteiger partial charge in [0.05, 0.1) is 0 Å². The summed E-state index contributed by atoms with van der Waals surface area (Å²) in [6.45, 7) is 0. The Balaban J connectivity index is 2.03. The average Bonchev–Trinajstić information content (AvgIpc) is 3.01. The van der Waals surface area contributed by atoms with Crippen LogP contribution in [-0.2, 0) is 0 Å².